The Bertz CT molecular complexity index is 244. The third kappa shape index (κ3) is 3.37. The van der Waals surface area contributed by atoms with Gasteiger partial charge in [-0.05, 0) is 41.7 Å². The van der Waals surface area contributed by atoms with Crippen molar-refractivity contribution in [2.75, 3.05) is 7.05 Å². The van der Waals surface area contributed by atoms with Gasteiger partial charge in [0, 0.05) is 13.1 Å². The lowest BCUT2D eigenvalue weighted by Gasteiger charge is -2.47. The van der Waals surface area contributed by atoms with Gasteiger partial charge in [0.2, 0.25) is 0 Å². The molecule has 2 nitrogen and oxygen atoms in total. The van der Waals surface area contributed by atoms with E-state index in [0.717, 1.165) is 12.8 Å². The summed E-state index contributed by atoms with van der Waals surface area (Å²) >= 11 is 5.53. The van der Waals surface area contributed by atoms with Crippen LogP contribution in [-0.2, 0) is 0 Å². The quantitative estimate of drug-likeness (QED) is 0.495. The maximum atomic E-state index is 11.2. The van der Waals surface area contributed by atoms with Gasteiger partial charge < -0.3 is 4.90 Å². The smallest absolute Gasteiger partial charge is 0.316 e. The van der Waals surface area contributed by atoms with Gasteiger partial charge in [-0.2, -0.15) is 0 Å². The number of hydrogen-bond acceptors (Lipinski definition) is 1. The van der Waals surface area contributed by atoms with Gasteiger partial charge >= 0.3 is 5.37 Å². The average Bonchev–Trinajstić information content (AvgIpc) is 1.96. The van der Waals surface area contributed by atoms with E-state index in [9.17, 15) is 4.79 Å². The molecule has 0 saturated heterocycles. The molecule has 0 aliphatic heterocycles. The number of amides is 1. The molecule has 1 rings (SSSR count). The van der Waals surface area contributed by atoms with E-state index in [1.165, 1.54) is 6.42 Å². The van der Waals surface area contributed by atoms with Crippen molar-refractivity contribution < 1.29 is 4.79 Å². The van der Waals surface area contributed by atoms with E-state index < -0.39 is 0 Å². The summed E-state index contributed by atoms with van der Waals surface area (Å²) in [6.07, 6.45) is 3.30. The highest BCUT2D eigenvalue weighted by atomic mass is 35.5. The first-order valence-electron chi connectivity index (χ1n) is 5.55. The number of hydrogen-bond donors (Lipinski definition) is 0. The summed E-state index contributed by atoms with van der Waals surface area (Å²) in [5.41, 5.74) is 0.597. The third-order valence-electron chi connectivity index (χ3n) is 3.36. The fourth-order valence-corrected chi connectivity index (χ4v) is 3.34. The minimum absolute atomic E-state index is 0.286. The predicted molar refractivity (Wildman–Crippen MR) is 64.2 cm³/mol. The van der Waals surface area contributed by atoms with Crippen molar-refractivity contribution in [3.63, 3.8) is 0 Å². The van der Waals surface area contributed by atoms with Gasteiger partial charge in [0.25, 0.3) is 0 Å². The van der Waals surface area contributed by atoms with E-state index in [1.807, 2.05) is 0 Å². The van der Waals surface area contributed by atoms with Crippen LogP contribution >= 0.6 is 11.6 Å². The Morgan fingerprint density at radius 1 is 1.20 bits per heavy atom. The topological polar surface area (TPSA) is 20.3 Å². The largest absolute Gasteiger partial charge is 0.329 e. The number of carbonyl (C=O) groups excluding carboxylic acids is 1. The van der Waals surface area contributed by atoms with Crippen LogP contribution in [0.2, 0.25) is 0 Å². The third-order valence-corrected chi connectivity index (χ3v) is 3.63. The molecule has 0 N–H and O–H groups in total. The summed E-state index contributed by atoms with van der Waals surface area (Å²) in [6.45, 7) is 9.09. The molecule has 1 amide bonds. The van der Waals surface area contributed by atoms with Crippen LogP contribution in [0.3, 0.4) is 0 Å². The molecule has 1 aliphatic carbocycles. The molecular weight excluding hydrogens is 210 g/mol. The predicted octanol–water partition coefficient (Wildman–Crippen LogP) is 3.88. The molecule has 15 heavy (non-hydrogen) atoms. The van der Waals surface area contributed by atoms with Crippen LogP contribution in [0.5, 0.6) is 0 Å². The van der Waals surface area contributed by atoms with Gasteiger partial charge in [-0.3, -0.25) is 4.79 Å². The van der Waals surface area contributed by atoms with Crippen LogP contribution in [0.15, 0.2) is 0 Å². The van der Waals surface area contributed by atoms with Crippen LogP contribution in [0.25, 0.3) is 0 Å². The zero-order valence-electron chi connectivity index (χ0n) is 10.4. The van der Waals surface area contributed by atoms with Crippen LogP contribution in [0.1, 0.15) is 47.0 Å². The van der Waals surface area contributed by atoms with E-state index in [-0.39, 0.29) is 11.4 Å². The molecule has 0 aromatic heterocycles. The van der Waals surface area contributed by atoms with E-state index in [2.05, 4.69) is 27.7 Å². The molecule has 3 heteroatoms. The summed E-state index contributed by atoms with van der Waals surface area (Å²) in [6, 6.07) is 0.286. The first-order valence-corrected chi connectivity index (χ1v) is 5.93. The molecule has 0 atom stereocenters. The average molecular weight is 232 g/mol. The highest BCUT2D eigenvalue weighted by Gasteiger charge is 2.40. The molecule has 1 saturated carbocycles. The Morgan fingerprint density at radius 2 is 1.60 bits per heavy atom. The first kappa shape index (κ1) is 12.8. The first-order chi connectivity index (χ1) is 6.63. The molecule has 88 valence electrons. The number of nitrogens with zero attached hydrogens (tertiary/aromatic N) is 1. The van der Waals surface area contributed by atoms with Crippen LogP contribution in [0.4, 0.5) is 4.79 Å². The van der Waals surface area contributed by atoms with E-state index in [1.54, 1.807) is 11.9 Å². The maximum absolute atomic E-state index is 11.2. The van der Waals surface area contributed by atoms with Crippen molar-refractivity contribution in [1.29, 1.82) is 0 Å². The maximum Gasteiger partial charge on any atom is 0.316 e. The summed E-state index contributed by atoms with van der Waals surface area (Å²) in [5.74, 6) is 0. The van der Waals surface area contributed by atoms with Gasteiger partial charge in [0.15, 0.2) is 0 Å². The van der Waals surface area contributed by atoms with Crippen molar-refractivity contribution >= 4 is 17.0 Å². The van der Waals surface area contributed by atoms with E-state index >= 15 is 0 Å². The molecule has 1 fully saturated rings. The van der Waals surface area contributed by atoms with Gasteiger partial charge in [-0.15, -0.1) is 0 Å². The second-order valence-corrected chi connectivity index (χ2v) is 6.75. The number of halogens is 1. The second kappa shape index (κ2) is 3.97. The fourth-order valence-electron chi connectivity index (χ4n) is 3.21. The minimum Gasteiger partial charge on any atom is -0.329 e. The minimum atomic E-state index is -0.339. The van der Waals surface area contributed by atoms with Crippen molar-refractivity contribution in [1.82, 2.24) is 4.90 Å². The summed E-state index contributed by atoms with van der Waals surface area (Å²) < 4.78 is 0. The van der Waals surface area contributed by atoms with E-state index in [0.29, 0.717) is 10.8 Å². The van der Waals surface area contributed by atoms with Crippen LogP contribution in [0, 0.1) is 10.8 Å². The molecule has 0 radical (unpaired) electrons. The van der Waals surface area contributed by atoms with E-state index in [4.69, 9.17) is 11.6 Å². The lowest BCUT2D eigenvalue weighted by molar-refractivity contribution is 0.0526. The Kier molecular flexibility index (Phi) is 3.39. The van der Waals surface area contributed by atoms with Crippen molar-refractivity contribution in [2.45, 2.75) is 53.0 Å². The van der Waals surface area contributed by atoms with Crippen LogP contribution < -0.4 is 0 Å². The molecular formula is C12H22ClNO. The Morgan fingerprint density at radius 3 is 1.93 bits per heavy atom. The standard InChI is InChI=1S/C12H22ClNO/c1-11(2)6-9(14(5)10(13)15)7-12(3,4)8-11/h9H,6-8H2,1-5H3. The summed E-state index contributed by atoms with van der Waals surface area (Å²) in [4.78, 5) is 12.8. The van der Waals surface area contributed by atoms with Crippen molar-refractivity contribution in [3.05, 3.63) is 0 Å². The highest BCUT2D eigenvalue weighted by molar-refractivity contribution is 6.62. The lowest BCUT2D eigenvalue weighted by Crippen LogP contribution is -2.45. The number of carbonyl (C=O) groups is 1. The molecule has 0 heterocycles. The fraction of sp³-hybridized carbons (Fsp3) is 0.917. The van der Waals surface area contributed by atoms with Gasteiger partial charge in [-0.1, -0.05) is 27.7 Å². The van der Waals surface area contributed by atoms with Gasteiger partial charge in [0.1, 0.15) is 0 Å². The number of rotatable bonds is 1. The zero-order valence-corrected chi connectivity index (χ0v) is 11.2. The molecule has 1 aliphatic rings. The second-order valence-electron chi connectivity index (χ2n) is 6.43. The van der Waals surface area contributed by atoms with Crippen molar-refractivity contribution in [2.24, 2.45) is 10.8 Å². The SMILES string of the molecule is CN(C(=O)Cl)C1CC(C)(C)CC(C)(C)C1. The highest BCUT2D eigenvalue weighted by Crippen LogP contribution is 2.46. The molecule has 0 unspecified atom stereocenters. The van der Waals surface area contributed by atoms with Crippen LogP contribution in [-0.4, -0.2) is 23.4 Å². The molecule has 0 spiro atoms. The lowest BCUT2D eigenvalue weighted by atomic mass is 9.63. The zero-order chi connectivity index (χ0) is 11.9. The Labute approximate surface area is 98.0 Å². The summed E-state index contributed by atoms with van der Waals surface area (Å²) in [7, 11) is 1.80. The Hall–Kier alpha value is -0.240. The molecule has 0 aromatic rings. The monoisotopic (exact) mass is 231 g/mol. The van der Waals surface area contributed by atoms with Crippen molar-refractivity contribution in [3.8, 4) is 0 Å². The van der Waals surface area contributed by atoms with Gasteiger partial charge in [0.05, 0.1) is 0 Å². The molecule has 0 aromatic carbocycles. The van der Waals surface area contributed by atoms with Gasteiger partial charge in [-0.25, -0.2) is 0 Å². The normalized spacial score (nSPS) is 24.9. The Balaban J connectivity index is 2.79. The molecule has 0 bridgehead atoms. The summed E-state index contributed by atoms with van der Waals surface area (Å²) in [5, 5.41) is -0.339.